The highest BCUT2D eigenvalue weighted by Crippen LogP contribution is 2.23. The van der Waals surface area contributed by atoms with Crippen molar-refractivity contribution < 1.29 is 92.3 Å². The molecular weight excluding hydrogens is 1040 g/mol. The lowest BCUT2D eigenvalue weighted by Gasteiger charge is -2.31. The van der Waals surface area contributed by atoms with Crippen molar-refractivity contribution in [3.63, 3.8) is 0 Å². The maximum Gasteiger partial charge on any atom is 0.679 e. The molecule has 0 aromatic carbocycles. The molecule has 0 amide bonds. The molecule has 0 N–H and O–H groups in total. The lowest BCUT2D eigenvalue weighted by molar-refractivity contribution is -0.0352. The summed E-state index contributed by atoms with van der Waals surface area (Å²) in [6, 6.07) is 3.57. The summed E-state index contributed by atoms with van der Waals surface area (Å²) in [4.78, 5) is 0. The van der Waals surface area contributed by atoms with E-state index in [4.69, 9.17) is 92.3 Å². The first-order valence-electron chi connectivity index (χ1n) is 26.8. The van der Waals surface area contributed by atoms with Crippen molar-refractivity contribution in [2.24, 2.45) is 0 Å². The fourth-order valence-corrected chi connectivity index (χ4v) is 15.9. The summed E-state index contributed by atoms with van der Waals surface area (Å²) in [6.45, 7) is 32.4. The van der Waals surface area contributed by atoms with Crippen LogP contribution in [0.2, 0.25) is 76.6 Å². The molecule has 0 heterocycles. The van der Waals surface area contributed by atoms with Crippen LogP contribution in [0.25, 0.3) is 0 Å². The Kier molecular flexibility index (Phi) is 49.5. The fourth-order valence-electron chi connectivity index (χ4n) is 6.68. The molecule has 0 saturated carbocycles. The monoisotopic (exact) mass is 1140 g/mol. The van der Waals surface area contributed by atoms with Gasteiger partial charge in [-0.05, 0) is 102 Å². The zero-order valence-corrected chi connectivity index (χ0v) is 53.1. The third-order valence-electron chi connectivity index (χ3n) is 10.9. The first-order chi connectivity index (χ1) is 35.1. The van der Waals surface area contributed by atoms with E-state index < -0.39 is 42.3 Å². The highest BCUT2D eigenvalue weighted by molar-refractivity contribution is 6.72. The molecule has 0 unspecified atom stereocenters. The Labute approximate surface area is 448 Å². The van der Waals surface area contributed by atoms with Gasteiger partial charge in [0, 0.05) is 54.9 Å². The smallest absolute Gasteiger partial charge is 0.415 e. The number of methoxy groups -OCH3 is 4. The van der Waals surface area contributed by atoms with Crippen LogP contribution in [0, 0.1) is 0 Å². The maximum absolute atomic E-state index is 6.75. The molecule has 0 aromatic heterocycles. The molecule has 0 saturated heterocycles. The minimum absolute atomic E-state index is 0.420. The Morgan fingerprint density at radius 3 is 0.534 bits per heavy atom. The zero-order chi connectivity index (χ0) is 54.1. The summed E-state index contributed by atoms with van der Waals surface area (Å²) in [7, 11) is -5.10. The van der Waals surface area contributed by atoms with Crippen molar-refractivity contribution in [1.82, 2.24) is 0 Å². The Morgan fingerprint density at radius 1 is 0.192 bits per heavy atom. The summed E-state index contributed by atoms with van der Waals surface area (Å²) >= 11 is 0. The van der Waals surface area contributed by atoms with Gasteiger partial charge in [0.2, 0.25) is 0 Å². The van der Waals surface area contributed by atoms with Crippen molar-refractivity contribution in [3.05, 3.63) is 0 Å². The van der Waals surface area contributed by atoms with E-state index in [0.717, 1.165) is 49.9 Å². The molecule has 0 spiro atoms. The van der Waals surface area contributed by atoms with E-state index in [2.05, 4.69) is 52.4 Å². The van der Waals surface area contributed by atoms with Gasteiger partial charge >= 0.3 is 9.05 Å². The minimum Gasteiger partial charge on any atom is -0.415 e. The average molecular weight is 1150 g/mol. The van der Waals surface area contributed by atoms with E-state index >= 15 is 0 Å². The Balaban J connectivity index is 5.73. The van der Waals surface area contributed by atoms with Gasteiger partial charge in [0.1, 0.15) is 0 Å². The Hall–Kier alpha value is 0.284. The minimum atomic E-state index is -3.65. The standard InChI is InChI=1S/C48H108O20Si5/c1-49-21-25-53-29-33-57-37-41-61-69(5,6)45-13-17-65-73(66-18-14-46-70(7,8)62-42-38-58-34-30-54-26-22-50-2,67-19-15-47-71(9,10)63-43-39-59-35-31-55-27-23-51-3)68-20-16-48-72(11,12)64-44-40-60-36-32-56-28-24-52-4/h13-48H2,1-12H3. The number of hydrogen-bond acceptors (Lipinski definition) is 20. The molecule has 25 heteroatoms. The van der Waals surface area contributed by atoms with Crippen LogP contribution in [0.15, 0.2) is 0 Å². The summed E-state index contributed by atoms with van der Waals surface area (Å²) in [5, 5.41) is 0. The Bertz CT molecular complexity index is 1000. The number of hydrogen-bond donors (Lipinski definition) is 0. The van der Waals surface area contributed by atoms with Gasteiger partial charge in [-0.1, -0.05) is 0 Å². The normalized spacial score (nSPS) is 13.0. The predicted molar refractivity (Wildman–Crippen MR) is 295 cm³/mol. The van der Waals surface area contributed by atoms with Crippen LogP contribution in [0.5, 0.6) is 0 Å². The van der Waals surface area contributed by atoms with Gasteiger partial charge in [-0.25, -0.2) is 0 Å². The molecule has 0 aromatic rings. The predicted octanol–water partition coefficient (Wildman–Crippen LogP) is 6.65. The first-order valence-corrected chi connectivity index (χ1v) is 40.9. The van der Waals surface area contributed by atoms with Gasteiger partial charge in [-0.3, -0.25) is 0 Å². The van der Waals surface area contributed by atoms with Gasteiger partial charge in [0.15, 0.2) is 33.3 Å². The van der Waals surface area contributed by atoms with Gasteiger partial charge in [-0.15, -0.1) is 0 Å². The third-order valence-corrected chi connectivity index (χ3v) is 23.3. The molecule has 0 aliphatic rings. The van der Waals surface area contributed by atoms with Gasteiger partial charge in [0.05, 0.1) is 159 Å². The fraction of sp³-hybridized carbons (Fsp3) is 1.00. The molecule has 0 radical (unpaired) electrons. The topological polar surface area (TPSA) is 185 Å². The second kappa shape index (κ2) is 49.3. The van der Waals surface area contributed by atoms with E-state index in [1.54, 1.807) is 28.4 Å². The SMILES string of the molecule is COCCOCCOCCO[Si](C)(C)CCCO[Si](OCCC[Si](C)(C)OCCOCCOCCOC)(OCCC[Si](C)(C)OCCOCCOCCOC)OCCC[Si](C)(C)OCCOCCOCCOC. The van der Waals surface area contributed by atoms with Crippen molar-refractivity contribution in [2.45, 2.75) is 102 Å². The van der Waals surface area contributed by atoms with E-state index in [1.165, 1.54) is 0 Å². The van der Waals surface area contributed by atoms with Gasteiger partial charge in [0.25, 0.3) is 0 Å². The van der Waals surface area contributed by atoms with Crippen LogP contribution < -0.4 is 0 Å². The van der Waals surface area contributed by atoms with Crippen molar-refractivity contribution in [3.8, 4) is 0 Å². The van der Waals surface area contributed by atoms with Crippen LogP contribution in [-0.4, -0.2) is 256 Å². The van der Waals surface area contributed by atoms with Crippen molar-refractivity contribution in [1.29, 1.82) is 0 Å². The maximum atomic E-state index is 6.75. The molecular formula is C48H108O20Si5. The summed E-state index contributed by atoms with van der Waals surface area (Å²) in [5.74, 6) is 0. The Morgan fingerprint density at radius 2 is 0.356 bits per heavy atom. The number of rotatable bonds is 60. The van der Waals surface area contributed by atoms with Gasteiger partial charge < -0.3 is 92.3 Å². The van der Waals surface area contributed by atoms with Crippen LogP contribution in [0.4, 0.5) is 0 Å². The quantitative estimate of drug-likeness (QED) is 0.0465. The summed E-state index contributed by atoms with van der Waals surface area (Å²) in [5.41, 5.74) is 0. The lowest BCUT2D eigenvalue weighted by atomic mass is 10.5. The number of ether oxygens (including phenoxy) is 12. The van der Waals surface area contributed by atoms with Crippen LogP contribution in [-0.2, 0) is 92.3 Å². The first kappa shape index (κ1) is 73.3. The lowest BCUT2D eigenvalue weighted by Crippen LogP contribution is -2.50. The summed E-state index contributed by atoms with van der Waals surface area (Å²) in [6.07, 6.45) is 3.10. The molecule has 0 aliphatic carbocycles. The van der Waals surface area contributed by atoms with Crippen LogP contribution >= 0.6 is 0 Å². The molecule has 0 aliphatic heterocycles. The largest absolute Gasteiger partial charge is 0.679 e. The summed E-state index contributed by atoms with van der Waals surface area (Å²) < 4.78 is 117. The highest BCUT2D eigenvalue weighted by Gasteiger charge is 2.46. The van der Waals surface area contributed by atoms with E-state index in [9.17, 15) is 0 Å². The molecule has 0 atom stereocenters. The second-order valence-electron chi connectivity index (χ2n) is 19.6. The molecule has 0 rings (SSSR count). The van der Waals surface area contributed by atoms with E-state index in [-0.39, 0.29) is 0 Å². The molecule has 20 nitrogen and oxygen atoms in total. The zero-order valence-electron chi connectivity index (χ0n) is 48.1. The van der Waals surface area contributed by atoms with Crippen molar-refractivity contribution in [2.75, 3.05) is 213 Å². The molecule has 73 heavy (non-hydrogen) atoms. The second-order valence-corrected chi connectivity index (χ2v) is 39.0. The van der Waals surface area contributed by atoms with Crippen LogP contribution in [0.3, 0.4) is 0 Å². The van der Waals surface area contributed by atoms with Crippen LogP contribution in [0.1, 0.15) is 25.7 Å². The molecule has 440 valence electrons. The van der Waals surface area contributed by atoms with E-state index in [0.29, 0.717) is 185 Å². The average Bonchev–Trinajstić information content (AvgIpc) is 3.34. The highest BCUT2D eigenvalue weighted by atomic mass is 28.4. The van der Waals surface area contributed by atoms with E-state index in [1.807, 2.05) is 0 Å². The third kappa shape index (κ3) is 50.3. The molecule has 0 bridgehead atoms. The van der Waals surface area contributed by atoms with Gasteiger partial charge in [-0.2, -0.15) is 0 Å². The molecule has 0 fully saturated rings. The van der Waals surface area contributed by atoms with Crippen molar-refractivity contribution >= 4 is 42.3 Å².